The molecule has 0 radical (unpaired) electrons. The molecule has 0 spiro atoms. The number of hydrogen-bond donors (Lipinski definition) is 0. The summed E-state index contributed by atoms with van der Waals surface area (Å²) in [6.07, 6.45) is 8.31. The molecule has 1 heteroatoms. The lowest BCUT2D eigenvalue weighted by molar-refractivity contribution is 0.0761. The maximum Gasteiger partial charge on any atom is 0.0518 e. The highest BCUT2D eigenvalue weighted by Crippen LogP contribution is 2.41. The first-order valence-electron chi connectivity index (χ1n) is 4.82. The molecule has 0 aromatic carbocycles. The van der Waals surface area contributed by atoms with Crippen LogP contribution in [-0.4, -0.2) is 13.7 Å². The molecule has 66 valence electrons. The van der Waals surface area contributed by atoms with E-state index in [0.29, 0.717) is 5.41 Å². The Morgan fingerprint density at radius 2 is 1.91 bits per heavy atom. The largest absolute Gasteiger partial charge is 0.384 e. The van der Waals surface area contributed by atoms with Gasteiger partial charge in [-0.3, -0.25) is 0 Å². The minimum Gasteiger partial charge on any atom is -0.384 e. The van der Waals surface area contributed by atoms with Crippen molar-refractivity contribution in [2.45, 2.75) is 45.4 Å². The van der Waals surface area contributed by atoms with E-state index in [0.717, 1.165) is 6.61 Å². The van der Waals surface area contributed by atoms with Gasteiger partial charge in [-0.2, -0.15) is 0 Å². The summed E-state index contributed by atoms with van der Waals surface area (Å²) < 4.78 is 5.28. The summed E-state index contributed by atoms with van der Waals surface area (Å²) in [4.78, 5) is 0. The Morgan fingerprint density at radius 1 is 1.27 bits per heavy atom. The summed E-state index contributed by atoms with van der Waals surface area (Å²) in [7, 11) is 1.83. The molecule has 0 aliphatic heterocycles. The van der Waals surface area contributed by atoms with E-state index in [1.807, 2.05) is 7.11 Å². The molecule has 1 fully saturated rings. The van der Waals surface area contributed by atoms with Crippen molar-refractivity contribution in [1.29, 1.82) is 0 Å². The molecule has 0 aromatic heterocycles. The van der Waals surface area contributed by atoms with Crippen LogP contribution in [0.1, 0.15) is 45.4 Å². The van der Waals surface area contributed by atoms with Gasteiger partial charge in [0.05, 0.1) is 6.61 Å². The Hall–Kier alpha value is -0.0400. The molecular formula is C10H20O. The molecule has 0 atom stereocenters. The third-order valence-electron chi connectivity index (χ3n) is 2.90. The Balaban J connectivity index is 2.40. The van der Waals surface area contributed by atoms with E-state index in [-0.39, 0.29) is 0 Å². The smallest absolute Gasteiger partial charge is 0.0518 e. The summed E-state index contributed by atoms with van der Waals surface area (Å²) in [6.45, 7) is 3.26. The first-order valence-corrected chi connectivity index (χ1v) is 4.82. The van der Waals surface area contributed by atoms with Crippen molar-refractivity contribution in [2.24, 2.45) is 5.41 Å². The third-order valence-corrected chi connectivity index (χ3v) is 2.90. The van der Waals surface area contributed by atoms with Gasteiger partial charge >= 0.3 is 0 Å². The maximum atomic E-state index is 5.28. The van der Waals surface area contributed by atoms with E-state index >= 15 is 0 Å². The van der Waals surface area contributed by atoms with E-state index in [1.165, 1.54) is 38.5 Å². The van der Waals surface area contributed by atoms with Crippen molar-refractivity contribution >= 4 is 0 Å². The van der Waals surface area contributed by atoms with E-state index < -0.39 is 0 Å². The van der Waals surface area contributed by atoms with Gasteiger partial charge in [0.2, 0.25) is 0 Å². The topological polar surface area (TPSA) is 9.23 Å². The summed E-state index contributed by atoms with van der Waals surface area (Å²) in [5, 5.41) is 0. The summed E-state index contributed by atoms with van der Waals surface area (Å²) in [6, 6.07) is 0. The van der Waals surface area contributed by atoms with Crippen LogP contribution in [0.15, 0.2) is 0 Å². The number of rotatable bonds is 4. The zero-order chi connectivity index (χ0) is 8.16. The van der Waals surface area contributed by atoms with Crippen LogP contribution in [0.2, 0.25) is 0 Å². The molecule has 0 aromatic rings. The van der Waals surface area contributed by atoms with Crippen LogP contribution >= 0.6 is 0 Å². The van der Waals surface area contributed by atoms with Crippen LogP contribution in [-0.2, 0) is 4.74 Å². The fourth-order valence-corrected chi connectivity index (χ4v) is 2.43. The quantitative estimate of drug-likeness (QED) is 0.608. The first-order chi connectivity index (χ1) is 5.33. The van der Waals surface area contributed by atoms with E-state index in [9.17, 15) is 0 Å². The van der Waals surface area contributed by atoms with E-state index in [4.69, 9.17) is 4.74 Å². The number of hydrogen-bond acceptors (Lipinski definition) is 1. The fourth-order valence-electron chi connectivity index (χ4n) is 2.43. The summed E-state index contributed by atoms with van der Waals surface area (Å²) >= 11 is 0. The Morgan fingerprint density at radius 3 is 2.36 bits per heavy atom. The van der Waals surface area contributed by atoms with Crippen LogP contribution in [0.4, 0.5) is 0 Å². The Labute approximate surface area is 70.1 Å². The molecule has 1 aliphatic carbocycles. The van der Waals surface area contributed by atoms with Crippen LogP contribution in [0.5, 0.6) is 0 Å². The Kier molecular flexibility index (Phi) is 3.38. The van der Waals surface area contributed by atoms with Crippen molar-refractivity contribution in [1.82, 2.24) is 0 Å². The van der Waals surface area contributed by atoms with Crippen molar-refractivity contribution < 1.29 is 4.74 Å². The predicted molar refractivity (Wildman–Crippen MR) is 47.7 cm³/mol. The van der Waals surface area contributed by atoms with Crippen molar-refractivity contribution in [3.8, 4) is 0 Å². The molecule has 1 rings (SSSR count). The second-order valence-electron chi connectivity index (χ2n) is 3.89. The Bertz CT molecular complexity index is 95.4. The number of methoxy groups -OCH3 is 1. The molecule has 0 heterocycles. The molecule has 0 unspecified atom stereocenters. The highest BCUT2D eigenvalue weighted by molar-refractivity contribution is 4.83. The standard InChI is InChI=1S/C10H20O/c1-3-6-10(9-11-2)7-4-5-8-10/h3-9H2,1-2H3. The molecule has 0 amide bonds. The van der Waals surface area contributed by atoms with Crippen molar-refractivity contribution in [3.63, 3.8) is 0 Å². The maximum absolute atomic E-state index is 5.28. The van der Waals surface area contributed by atoms with Crippen LogP contribution in [0, 0.1) is 5.41 Å². The van der Waals surface area contributed by atoms with Crippen LogP contribution in [0.25, 0.3) is 0 Å². The van der Waals surface area contributed by atoms with Crippen LogP contribution in [0.3, 0.4) is 0 Å². The van der Waals surface area contributed by atoms with Gasteiger partial charge in [0.15, 0.2) is 0 Å². The predicted octanol–water partition coefficient (Wildman–Crippen LogP) is 2.99. The highest BCUT2D eigenvalue weighted by atomic mass is 16.5. The fraction of sp³-hybridized carbons (Fsp3) is 1.00. The number of ether oxygens (including phenoxy) is 1. The minimum absolute atomic E-state index is 0.573. The average molecular weight is 156 g/mol. The second kappa shape index (κ2) is 4.10. The van der Waals surface area contributed by atoms with Gasteiger partial charge in [-0.05, 0) is 24.7 Å². The lowest BCUT2D eigenvalue weighted by Gasteiger charge is -2.27. The minimum atomic E-state index is 0.573. The molecule has 1 nitrogen and oxygen atoms in total. The van der Waals surface area contributed by atoms with Crippen LogP contribution < -0.4 is 0 Å². The van der Waals surface area contributed by atoms with E-state index in [2.05, 4.69) is 6.92 Å². The van der Waals surface area contributed by atoms with E-state index in [1.54, 1.807) is 0 Å². The molecule has 1 saturated carbocycles. The van der Waals surface area contributed by atoms with Gasteiger partial charge in [-0.25, -0.2) is 0 Å². The molecule has 0 bridgehead atoms. The average Bonchev–Trinajstić information content (AvgIpc) is 2.39. The molecule has 0 saturated heterocycles. The second-order valence-corrected chi connectivity index (χ2v) is 3.89. The lowest BCUT2D eigenvalue weighted by Crippen LogP contribution is -2.22. The lowest BCUT2D eigenvalue weighted by atomic mass is 9.83. The monoisotopic (exact) mass is 156 g/mol. The van der Waals surface area contributed by atoms with Gasteiger partial charge in [-0.1, -0.05) is 26.2 Å². The highest BCUT2D eigenvalue weighted by Gasteiger charge is 2.32. The molecule has 11 heavy (non-hydrogen) atoms. The van der Waals surface area contributed by atoms with Gasteiger partial charge in [0, 0.05) is 7.11 Å². The summed E-state index contributed by atoms with van der Waals surface area (Å²) in [5.41, 5.74) is 0.573. The first kappa shape index (κ1) is 9.05. The van der Waals surface area contributed by atoms with Gasteiger partial charge < -0.3 is 4.74 Å². The van der Waals surface area contributed by atoms with Gasteiger partial charge in [0.25, 0.3) is 0 Å². The summed E-state index contributed by atoms with van der Waals surface area (Å²) in [5.74, 6) is 0. The zero-order valence-corrected chi connectivity index (χ0v) is 7.86. The zero-order valence-electron chi connectivity index (χ0n) is 7.86. The molecule has 1 aliphatic rings. The molecular weight excluding hydrogens is 136 g/mol. The molecule has 0 N–H and O–H groups in total. The normalized spacial score (nSPS) is 22.4. The van der Waals surface area contributed by atoms with Gasteiger partial charge in [0.1, 0.15) is 0 Å². The van der Waals surface area contributed by atoms with Gasteiger partial charge in [-0.15, -0.1) is 0 Å². The third kappa shape index (κ3) is 2.19. The SMILES string of the molecule is CCCC1(COC)CCCC1. The van der Waals surface area contributed by atoms with Crippen molar-refractivity contribution in [2.75, 3.05) is 13.7 Å². The van der Waals surface area contributed by atoms with Crippen molar-refractivity contribution in [3.05, 3.63) is 0 Å².